The first-order chi connectivity index (χ1) is 15.7. The lowest BCUT2D eigenvalue weighted by molar-refractivity contribution is -0.139. The molecule has 0 bridgehead atoms. The lowest BCUT2D eigenvalue weighted by Crippen LogP contribution is -2.42. The standard InChI is InChI=1S/C23H15Cl4N3O3/c24-12-3-1-4-13(25)19(12)21-28-16-8-7-11(9-17(16)29-21)10-18(23(32)33)30-22(31)20-14(26)5-2-6-15(20)27/h1-9,18H,10H2,(H,28,29)(H,30,31)(H,32,33)/t18-/m0/s1. The monoisotopic (exact) mass is 521 g/mol. The number of nitrogens with one attached hydrogen (secondary N) is 2. The molecule has 6 nitrogen and oxygen atoms in total. The summed E-state index contributed by atoms with van der Waals surface area (Å²) in [6.45, 7) is 0. The van der Waals surface area contributed by atoms with Crippen LogP contribution in [0.2, 0.25) is 20.1 Å². The summed E-state index contributed by atoms with van der Waals surface area (Å²) < 4.78 is 0. The molecule has 0 saturated carbocycles. The fourth-order valence-electron chi connectivity index (χ4n) is 3.41. The Morgan fingerprint density at radius 2 is 1.55 bits per heavy atom. The van der Waals surface area contributed by atoms with Crippen LogP contribution >= 0.6 is 46.4 Å². The van der Waals surface area contributed by atoms with E-state index in [1.54, 1.807) is 42.5 Å². The zero-order valence-corrected chi connectivity index (χ0v) is 19.7. The van der Waals surface area contributed by atoms with Crippen LogP contribution in [-0.4, -0.2) is 33.0 Å². The second-order valence-corrected chi connectivity index (χ2v) is 8.83. The van der Waals surface area contributed by atoms with Gasteiger partial charge in [0.1, 0.15) is 11.9 Å². The number of aliphatic carboxylic acids is 1. The van der Waals surface area contributed by atoms with Gasteiger partial charge >= 0.3 is 5.97 Å². The van der Waals surface area contributed by atoms with Crippen molar-refractivity contribution < 1.29 is 14.7 Å². The van der Waals surface area contributed by atoms with E-state index in [0.717, 1.165) is 0 Å². The van der Waals surface area contributed by atoms with Crippen molar-refractivity contribution in [3.05, 3.63) is 85.8 Å². The fourth-order valence-corrected chi connectivity index (χ4v) is 4.55. The van der Waals surface area contributed by atoms with Crippen LogP contribution in [0.3, 0.4) is 0 Å². The molecule has 1 atom stereocenters. The number of imidazole rings is 1. The summed E-state index contributed by atoms with van der Waals surface area (Å²) in [5.41, 5.74) is 2.59. The van der Waals surface area contributed by atoms with Crippen LogP contribution in [0.15, 0.2) is 54.6 Å². The largest absolute Gasteiger partial charge is 0.480 e. The molecule has 0 aliphatic rings. The maximum atomic E-state index is 12.6. The molecular weight excluding hydrogens is 508 g/mol. The number of nitrogens with zero attached hydrogens (tertiary/aromatic N) is 1. The molecule has 4 rings (SSSR count). The summed E-state index contributed by atoms with van der Waals surface area (Å²) in [4.78, 5) is 32.2. The number of carboxylic acids is 1. The smallest absolute Gasteiger partial charge is 0.326 e. The first-order valence-corrected chi connectivity index (χ1v) is 11.2. The van der Waals surface area contributed by atoms with Gasteiger partial charge < -0.3 is 15.4 Å². The van der Waals surface area contributed by atoms with Gasteiger partial charge in [0.2, 0.25) is 0 Å². The van der Waals surface area contributed by atoms with E-state index in [0.29, 0.717) is 38.0 Å². The molecule has 0 aliphatic heterocycles. The highest BCUT2D eigenvalue weighted by atomic mass is 35.5. The van der Waals surface area contributed by atoms with Crippen LogP contribution in [0.4, 0.5) is 0 Å². The van der Waals surface area contributed by atoms with Gasteiger partial charge in [-0.25, -0.2) is 9.78 Å². The predicted octanol–water partition coefficient (Wildman–Crippen LogP) is 6.27. The summed E-state index contributed by atoms with van der Waals surface area (Å²) in [6, 6.07) is 13.8. The molecule has 0 radical (unpaired) electrons. The zero-order chi connectivity index (χ0) is 23.7. The number of carboxylic acid groups (broad SMARTS) is 1. The van der Waals surface area contributed by atoms with Gasteiger partial charge in [-0.05, 0) is 42.0 Å². The van der Waals surface area contributed by atoms with Crippen molar-refractivity contribution in [3.63, 3.8) is 0 Å². The molecular formula is C23H15Cl4N3O3. The maximum Gasteiger partial charge on any atom is 0.326 e. The third-order valence-corrected chi connectivity index (χ3v) is 6.24. The average Bonchev–Trinajstić information content (AvgIpc) is 3.15. The van der Waals surface area contributed by atoms with Gasteiger partial charge in [-0.3, -0.25) is 4.79 Å². The molecule has 4 aromatic rings. The number of hydrogen-bond acceptors (Lipinski definition) is 3. The van der Waals surface area contributed by atoms with Crippen LogP contribution in [-0.2, 0) is 11.2 Å². The molecule has 33 heavy (non-hydrogen) atoms. The molecule has 10 heteroatoms. The third kappa shape index (κ3) is 4.94. The molecule has 3 aromatic carbocycles. The summed E-state index contributed by atoms with van der Waals surface area (Å²) in [6.07, 6.45) is 0.0281. The van der Waals surface area contributed by atoms with Crippen molar-refractivity contribution in [2.45, 2.75) is 12.5 Å². The minimum Gasteiger partial charge on any atom is -0.480 e. The van der Waals surface area contributed by atoms with E-state index >= 15 is 0 Å². The summed E-state index contributed by atoms with van der Waals surface area (Å²) >= 11 is 24.7. The fraction of sp³-hybridized carbons (Fsp3) is 0.0870. The first kappa shape index (κ1) is 23.4. The lowest BCUT2D eigenvalue weighted by atomic mass is 10.0. The molecule has 0 unspecified atom stereocenters. The third-order valence-electron chi connectivity index (χ3n) is 4.98. The molecule has 1 aromatic heterocycles. The van der Waals surface area contributed by atoms with Gasteiger partial charge in [0.25, 0.3) is 5.91 Å². The van der Waals surface area contributed by atoms with Crippen molar-refractivity contribution in [3.8, 4) is 11.4 Å². The highest BCUT2D eigenvalue weighted by molar-refractivity contribution is 6.40. The van der Waals surface area contributed by atoms with E-state index in [9.17, 15) is 14.7 Å². The van der Waals surface area contributed by atoms with Gasteiger partial charge in [-0.2, -0.15) is 0 Å². The second kappa shape index (κ2) is 9.61. The topological polar surface area (TPSA) is 95.1 Å². The number of halogens is 4. The van der Waals surface area contributed by atoms with E-state index in [-0.39, 0.29) is 22.0 Å². The van der Waals surface area contributed by atoms with E-state index in [4.69, 9.17) is 46.4 Å². The van der Waals surface area contributed by atoms with Crippen LogP contribution in [0.25, 0.3) is 22.4 Å². The van der Waals surface area contributed by atoms with E-state index in [1.165, 1.54) is 12.1 Å². The lowest BCUT2D eigenvalue weighted by Gasteiger charge is -2.16. The van der Waals surface area contributed by atoms with E-state index in [2.05, 4.69) is 15.3 Å². The van der Waals surface area contributed by atoms with Gasteiger partial charge in [-0.1, -0.05) is 64.6 Å². The molecule has 168 valence electrons. The van der Waals surface area contributed by atoms with Gasteiger partial charge in [0.05, 0.1) is 42.3 Å². The Bertz CT molecular complexity index is 1350. The Labute approximate surface area is 208 Å². The number of hydrogen-bond donors (Lipinski definition) is 3. The highest BCUT2D eigenvalue weighted by Crippen LogP contribution is 2.34. The average molecular weight is 523 g/mol. The van der Waals surface area contributed by atoms with Gasteiger partial charge in [0, 0.05) is 6.42 Å². The highest BCUT2D eigenvalue weighted by Gasteiger charge is 2.24. The molecule has 0 spiro atoms. The maximum absolute atomic E-state index is 12.6. The van der Waals surface area contributed by atoms with Crippen LogP contribution in [0, 0.1) is 0 Å². The van der Waals surface area contributed by atoms with E-state index in [1.807, 2.05) is 0 Å². The number of fused-ring (bicyclic) bond motifs is 1. The van der Waals surface area contributed by atoms with Crippen molar-refractivity contribution in [1.29, 1.82) is 0 Å². The van der Waals surface area contributed by atoms with Crippen molar-refractivity contribution in [2.75, 3.05) is 0 Å². The van der Waals surface area contributed by atoms with Gasteiger partial charge in [-0.15, -0.1) is 0 Å². The number of aromatic amines is 1. The number of rotatable bonds is 6. The zero-order valence-electron chi connectivity index (χ0n) is 16.7. The number of benzene rings is 3. The van der Waals surface area contributed by atoms with Crippen LogP contribution in [0.1, 0.15) is 15.9 Å². The summed E-state index contributed by atoms with van der Waals surface area (Å²) in [5.74, 6) is -1.37. The molecule has 0 saturated heterocycles. The number of carbonyl (C=O) groups is 2. The molecule has 1 heterocycles. The molecule has 3 N–H and O–H groups in total. The Morgan fingerprint density at radius 3 is 2.15 bits per heavy atom. The quantitative estimate of drug-likeness (QED) is 0.278. The summed E-state index contributed by atoms with van der Waals surface area (Å²) in [7, 11) is 0. The predicted molar refractivity (Wildman–Crippen MR) is 131 cm³/mol. The Balaban J connectivity index is 1.60. The Hall–Kier alpha value is -2.77. The minimum absolute atomic E-state index is 0.0253. The van der Waals surface area contributed by atoms with Crippen molar-refractivity contribution in [1.82, 2.24) is 15.3 Å². The number of carbonyl (C=O) groups excluding carboxylic acids is 1. The van der Waals surface area contributed by atoms with E-state index < -0.39 is 17.9 Å². The second-order valence-electron chi connectivity index (χ2n) is 7.20. The number of H-pyrrole nitrogens is 1. The minimum atomic E-state index is -1.21. The number of amides is 1. The Morgan fingerprint density at radius 1 is 0.939 bits per heavy atom. The SMILES string of the molecule is O=C(N[C@@H](Cc1ccc2nc(-c3c(Cl)cccc3Cl)[nH]c2c1)C(=O)O)c1c(Cl)cccc1Cl. The van der Waals surface area contributed by atoms with Crippen molar-refractivity contribution in [2.24, 2.45) is 0 Å². The van der Waals surface area contributed by atoms with Crippen molar-refractivity contribution >= 4 is 69.3 Å². The molecule has 0 fully saturated rings. The summed E-state index contributed by atoms with van der Waals surface area (Å²) in [5, 5.41) is 13.3. The normalized spacial score (nSPS) is 12.0. The van der Waals surface area contributed by atoms with Crippen LogP contribution < -0.4 is 5.32 Å². The molecule has 1 amide bonds. The van der Waals surface area contributed by atoms with Crippen LogP contribution in [0.5, 0.6) is 0 Å². The first-order valence-electron chi connectivity index (χ1n) is 9.65. The molecule has 0 aliphatic carbocycles. The van der Waals surface area contributed by atoms with Gasteiger partial charge in [0.15, 0.2) is 0 Å². The number of aromatic nitrogens is 2. The Kier molecular flexibility index (Phi) is 6.81.